The Kier molecular flexibility index (Phi) is 6.23. The summed E-state index contributed by atoms with van der Waals surface area (Å²) in [5, 5.41) is 2.66. The van der Waals surface area contributed by atoms with Crippen LogP contribution in [0.4, 0.5) is 19.1 Å². The summed E-state index contributed by atoms with van der Waals surface area (Å²) in [5.41, 5.74) is -3.40. The lowest BCUT2D eigenvalue weighted by Gasteiger charge is -2.23. The molecular weight excluding hydrogens is 369 g/mol. The first kappa shape index (κ1) is 19.2. The smallest absolute Gasteiger partial charge is 0.381 e. The molecule has 2 aliphatic rings. The number of hydrogen-bond acceptors (Lipinski definition) is 6. The lowest BCUT2D eigenvalue weighted by molar-refractivity contribution is -0.119. The molecule has 0 aromatic carbocycles. The first-order valence-electron chi connectivity index (χ1n) is 8.56. The van der Waals surface area contributed by atoms with E-state index in [1.165, 1.54) is 0 Å². The monoisotopic (exact) mass is 390 g/mol. The van der Waals surface area contributed by atoms with E-state index in [2.05, 4.69) is 15.3 Å². The van der Waals surface area contributed by atoms with E-state index >= 15 is 0 Å². The first-order chi connectivity index (χ1) is 12.4. The normalized spacial score (nSPS) is 21.8. The van der Waals surface area contributed by atoms with E-state index in [9.17, 15) is 18.0 Å². The number of carbonyl (C=O) groups is 1. The Hall–Kier alpha value is -1.55. The molecule has 0 bridgehead atoms. The molecule has 1 unspecified atom stereocenters. The lowest BCUT2D eigenvalue weighted by Crippen LogP contribution is -2.38. The number of nitrogens with zero attached hydrogens (tertiary/aromatic N) is 3. The van der Waals surface area contributed by atoms with Crippen molar-refractivity contribution in [3.8, 4) is 0 Å². The van der Waals surface area contributed by atoms with Gasteiger partial charge < -0.3 is 15.0 Å². The molecule has 2 aliphatic heterocycles. The van der Waals surface area contributed by atoms with Crippen molar-refractivity contribution in [3.05, 3.63) is 18.0 Å². The van der Waals surface area contributed by atoms with Gasteiger partial charge in [0.15, 0.2) is 0 Å². The average molecular weight is 390 g/mol. The molecule has 2 saturated heterocycles. The highest BCUT2D eigenvalue weighted by Crippen LogP contribution is 2.30. The summed E-state index contributed by atoms with van der Waals surface area (Å²) in [7, 11) is 0. The zero-order valence-corrected chi connectivity index (χ0v) is 15.0. The van der Waals surface area contributed by atoms with Crippen LogP contribution in [0.25, 0.3) is 0 Å². The highest BCUT2D eigenvalue weighted by molar-refractivity contribution is 8.00. The van der Waals surface area contributed by atoms with Crippen molar-refractivity contribution in [2.75, 3.05) is 37.0 Å². The molecular formula is C16H21F3N4O2S. The van der Waals surface area contributed by atoms with E-state index in [1.807, 2.05) is 11.0 Å². The summed E-state index contributed by atoms with van der Waals surface area (Å²) in [6.07, 6.45) is 4.27. The summed E-state index contributed by atoms with van der Waals surface area (Å²) < 4.78 is 41.8. The van der Waals surface area contributed by atoms with Crippen LogP contribution in [-0.4, -0.2) is 59.5 Å². The number of halogens is 3. The Morgan fingerprint density at radius 3 is 2.85 bits per heavy atom. The molecule has 1 aromatic heterocycles. The minimum atomic E-state index is -4.39. The molecule has 1 aromatic rings. The zero-order valence-electron chi connectivity index (χ0n) is 14.2. The van der Waals surface area contributed by atoms with Gasteiger partial charge in [0, 0.05) is 50.2 Å². The molecule has 0 radical (unpaired) electrons. The number of ether oxygens (including phenoxy) is 1. The van der Waals surface area contributed by atoms with Crippen LogP contribution in [-0.2, 0) is 9.53 Å². The maximum absolute atomic E-state index is 12.2. The Morgan fingerprint density at radius 2 is 2.12 bits per heavy atom. The molecule has 3 rings (SSSR count). The summed E-state index contributed by atoms with van der Waals surface area (Å²) in [6.45, 7) is 2.63. The van der Waals surface area contributed by atoms with Crippen LogP contribution in [0.1, 0.15) is 30.9 Å². The molecule has 1 amide bonds. The van der Waals surface area contributed by atoms with Gasteiger partial charge in [0.05, 0.1) is 5.75 Å². The van der Waals surface area contributed by atoms with Gasteiger partial charge in [-0.1, -0.05) is 0 Å². The van der Waals surface area contributed by atoms with Crippen molar-refractivity contribution in [3.63, 3.8) is 0 Å². The number of thioether (sulfide) groups is 1. The number of rotatable bonds is 5. The van der Waals surface area contributed by atoms with Gasteiger partial charge >= 0.3 is 5.51 Å². The van der Waals surface area contributed by atoms with Crippen molar-refractivity contribution in [1.29, 1.82) is 0 Å². The summed E-state index contributed by atoms with van der Waals surface area (Å²) in [4.78, 5) is 22.6. The summed E-state index contributed by atoms with van der Waals surface area (Å²) in [5.74, 6) is -0.245. The number of anilines is 1. The highest BCUT2D eigenvalue weighted by atomic mass is 32.2. The van der Waals surface area contributed by atoms with Gasteiger partial charge in [0.25, 0.3) is 0 Å². The van der Waals surface area contributed by atoms with Gasteiger partial charge in [-0.25, -0.2) is 9.97 Å². The predicted octanol–water partition coefficient (Wildman–Crippen LogP) is 2.32. The summed E-state index contributed by atoms with van der Waals surface area (Å²) in [6, 6.07) is 1.73. The molecule has 1 atom stereocenters. The van der Waals surface area contributed by atoms with Crippen LogP contribution >= 0.6 is 11.8 Å². The largest absolute Gasteiger partial charge is 0.442 e. The van der Waals surface area contributed by atoms with Crippen LogP contribution in [0.15, 0.2) is 12.3 Å². The van der Waals surface area contributed by atoms with Crippen LogP contribution in [0, 0.1) is 0 Å². The number of hydrogen-bond donors (Lipinski definition) is 1. The molecule has 2 fully saturated rings. The number of alkyl halides is 3. The predicted molar refractivity (Wildman–Crippen MR) is 92.1 cm³/mol. The van der Waals surface area contributed by atoms with Gasteiger partial charge in [0.2, 0.25) is 11.9 Å². The third-order valence-electron chi connectivity index (χ3n) is 4.51. The van der Waals surface area contributed by atoms with Gasteiger partial charge in [-0.15, -0.1) is 0 Å². The Labute approximate surface area is 153 Å². The second-order valence-corrected chi connectivity index (χ2v) is 7.44. The first-order valence-corrected chi connectivity index (χ1v) is 9.55. The molecule has 6 nitrogen and oxygen atoms in total. The number of nitrogens with one attached hydrogen (secondary N) is 1. The van der Waals surface area contributed by atoms with E-state index in [4.69, 9.17) is 4.74 Å². The van der Waals surface area contributed by atoms with Gasteiger partial charge in [-0.3, -0.25) is 4.79 Å². The number of amides is 1. The van der Waals surface area contributed by atoms with E-state index in [0.717, 1.165) is 31.7 Å². The van der Waals surface area contributed by atoms with E-state index in [1.54, 1.807) is 6.20 Å². The van der Waals surface area contributed by atoms with Crippen molar-refractivity contribution < 1.29 is 22.7 Å². The van der Waals surface area contributed by atoms with Crippen molar-refractivity contribution in [1.82, 2.24) is 15.3 Å². The molecule has 1 N–H and O–H groups in total. The third-order valence-corrected chi connectivity index (χ3v) is 5.24. The quantitative estimate of drug-likeness (QED) is 0.832. The topological polar surface area (TPSA) is 67.4 Å². The fourth-order valence-corrected chi connectivity index (χ4v) is 3.59. The molecule has 26 heavy (non-hydrogen) atoms. The zero-order chi connectivity index (χ0) is 18.6. The van der Waals surface area contributed by atoms with Crippen molar-refractivity contribution >= 4 is 23.6 Å². The van der Waals surface area contributed by atoms with Crippen molar-refractivity contribution in [2.45, 2.75) is 36.7 Å². The van der Waals surface area contributed by atoms with Crippen LogP contribution in [0.5, 0.6) is 0 Å². The van der Waals surface area contributed by atoms with Crippen molar-refractivity contribution in [2.24, 2.45) is 0 Å². The highest BCUT2D eigenvalue weighted by Gasteiger charge is 2.31. The SMILES string of the molecule is O=C(CSC(F)(F)F)NC1CCN(c2nccc(C3CCOCC3)n2)C1. The molecule has 3 heterocycles. The summed E-state index contributed by atoms with van der Waals surface area (Å²) >= 11 is -0.321. The minimum absolute atomic E-state index is 0.188. The minimum Gasteiger partial charge on any atom is -0.381 e. The Bertz CT molecular complexity index is 626. The fourth-order valence-electron chi connectivity index (χ4n) is 3.21. The fraction of sp³-hybridized carbons (Fsp3) is 0.688. The van der Waals surface area contributed by atoms with E-state index < -0.39 is 17.2 Å². The molecule has 144 valence electrons. The maximum atomic E-state index is 12.2. The van der Waals surface area contributed by atoms with Crippen LogP contribution in [0.3, 0.4) is 0 Å². The molecule has 0 saturated carbocycles. The lowest BCUT2D eigenvalue weighted by atomic mass is 9.96. The van der Waals surface area contributed by atoms with Gasteiger partial charge in [0.1, 0.15) is 0 Å². The Morgan fingerprint density at radius 1 is 1.35 bits per heavy atom. The van der Waals surface area contributed by atoms with E-state index in [-0.39, 0.29) is 17.8 Å². The van der Waals surface area contributed by atoms with Gasteiger partial charge in [-0.05, 0) is 37.1 Å². The van der Waals surface area contributed by atoms with Crippen LogP contribution in [0.2, 0.25) is 0 Å². The molecule has 0 spiro atoms. The molecule has 0 aliphatic carbocycles. The van der Waals surface area contributed by atoms with Crippen LogP contribution < -0.4 is 10.2 Å². The molecule has 10 heteroatoms. The van der Waals surface area contributed by atoms with Gasteiger partial charge in [-0.2, -0.15) is 13.2 Å². The van der Waals surface area contributed by atoms with E-state index in [0.29, 0.717) is 31.4 Å². The number of aromatic nitrogens is 2. The second-order valence-electron chi connectivity index (χ2n) is 6.40. The maximum Gasteiger partial charge on any atom is 0.442 e. The second kappa shape index (κ2) is 8.43. The number of carbonyl (C=O) groups excluding carboxylic acids is 1. The standard InChI is InChI=1S/C16H21F3N4O2S/c17-16(18,19)26-10-14(24)21-12-2-6-23(9-12)15-20-5-1-13(22-15)11-3-7-25-8-4-11/h1,5,11-12H,2-4,6-10H2,(H,21,24). The Balaban J connectivity index is 1.53. The third kappa shape index (κ3) is 5.47. The average Bonchev–Trinajstić information content (AvgIpc) is 3.09.